The van der Waals surface area contributed by atoms with E-state index < -0.39 is 0 Å². The van der Waals surface area contributed by atoms with Crippen LogP contribution in [0.3, 0.4) is 0 Å². The van der Waals surface area contributed by atoms with E-state index in [4.69, 9.17) is 10.00 Å². The zero-order chi connectivity index (χ0) is 18.5. The van der Waals surface area contributed by atoms with E-state index in [9.17, 15) is 4.79 Å². The van der Waals surface area contributed by atoms with Gasteiger partial charge in [-0.2, -0.15) is 5.26 Å². The summed E-state index contributed by atoms with van der Waals surface area (Å²) in [5.74, 6) is 0.302. The summed E-state index contributed by atoms with van der Waals surface area (Å²) in [4.78, 5) is 17.4. The Morgan fingerprint density at radius 3 is 2.77 bits per heavy atom. The standard InChI is InChI=1S/C20H18N2O2S2/c1-3-24-20(23)13(2)11-25-17-9-8-16-19(26-12-22-16)18(17)15-6-4-14(10-21)5-7-15/h4-9,12-13H,3,11H2,1-2H3. The summed E-state index contributed by atoms with van der Waals surface area (Å²) in [5, 5.41) is 9.03. The highest BCUT2D eigenvalue weighted by Crippen LogP contribution is 2.39. The monoisotopic (exact) mass is 382 g/mol. The molecule has 0 aliphatic heterocycles. The summed E-state index contributed by atoms with van der Waals surface area (Å²) in [6.45, 7) is 4.10. The number of thioether (sulfide) groups is 1. The van der Waals surface area contributed by atoms with Crippen molar-refractivity contribution in [3.63, 3.8) is 0 Å². The van der Waals surface area contributed by atoms with Gasteiger partial charge >= 0.3 is 5.97 Å². The normalized spacial score (nSPS) is 11.9. The number of fused-ring (bicyclic) bond motifs is 1. The lowest BCUT2D eigenvalue weighted by molar-refractivity contribution is -0.146. The van der Waals surface area contributed by atoms with Crippen LogP contribution in [0.15, 0.2) is 46.8 Å². The van der Waals surface area contributed by atoms with E-state index in [0.717, 1.165) is 26.2 Å². The van der Waals surface area contributed by atoms with Crippen molar-refractivity contribution in [3.05, 3.63) is 47.5 Å². The van der Waals surface area contributed by atoms with Crippen molar-refractivity contribution in [2.75, 3.05) is 12.4 Å². The van der Waals surface area contributed by atoms with Crippen molar-refractivity contribution in [1.82, 2.24) is 4.98 Å². The molecular formula is C20H18N2O2S2. The number of nitriles is 1. The molecule has 0 spiro atoms. The molecule has 0 amide bonds. The fourth-order valence-corrected chi connectivity index (χ4v) is 4.60. The second-order valence-electron chi connectivity index (χ2n) is 5.79. The molecule has 0 saturated heterocycles. The number of carbonyl (C=O) groups excluding carboxylic acids is 1. The lowest BCUT2D eigenvalue weighted by atomic mass is 10.0. The minimum atomic E-state index is -0.175. The first kappa shape index (κ1) is 18.4. The topological polar surface area (TPSA) is 63.0 Å². The van der Waals surface area contributed by atoms with Gasteiger partial charge in [0.05, 0.1) is 39.9 Å². The summed E-state index contributed by atoms with van der Waals surface area (Å²) >= 11 is 3.25. The van der Waals surface area contributed by atoms with E-state index in [1.165, 1.54) is 0 Å². The van der Waals surface area contributed by atoms with Gasteiger partial charge in [0, 0.05) is 16.2 Å². The molecule has 0 bridgehead atoms. The van der Waals surface area contributed by atoms with E-state index in [-0.39, 0.29) is 11.9 Å². The maximum absolute atomic E-state index is 11.9. The first-order valence-electron chi connectivity index (χ1n) is 8.30. The number of carbonyl (C=O) groups is 1. The number of ether oxygens (including phenoxy) is 1. The maximum atomic E-state index is 11.9. The molecule has 132 valence electrons. The predicted octanol–water partition coefficient (Wildman–Crippen LogP) is 5.13. The summed E-state index contributed by atoms with van der Waals surface area (Å²) in [6.07, 6.45) is 0. The van der Waals surface area contributed by atoms with Gasteiger partial charge < -0.3 is 4.74 Å². The fraction of sp³-hybridized carbons (Fsp3) is 0.250. The second kappa shape index (κ2) is 8.35. The van der Waals surface area contributed by atoms with Crippen molar-refractivity contribution >= 4 is 39.3 Å². The Bertz CT molecular complexity index is 958. The highest BCUT2D eigenvalue weighted by atomic mass is 32.2. The molecule has 2 aromatic carbocycles. The highest BCUT2D eigenvalue weighted by Gasteiger charge is 2.17. The zero-order valence-corrected chi connectivity index (χ0v) is 16.2. The quantitative estimate of drug-likeness (QED) is 0.437. The molecular weight excluding hydrogens is 364 g/mol. The number of thiazole rings is 1. The van der Waals surface area contributed by atoms with Gasteiger partial charge in [-0.3, -0.25) is 4.79 Å². The van der Waals surface area contributed by atoms with Crippen LogP contribution < -0.4 is 0 Å². The first-order chi connectivity index (χ1) is 12.6. The molecule has 1 aromatic heterocycles. The van der Waals surface area contributed by atoms with Crippen molar-refractivity contribution in [1.29, 1.82) is 5.26 Å². The van der Waals surface area contributed by atoms with Gasteiger partial charge in [0.15, 0.2) is 0 Å². The maximum Gasteiger partial charge on any atom is 0.309 e. The number of hydrogen-bond acceptors (Lipinski definition) is 6. The summed E-state index contributed by atoms with van der Waals surface area (Å²) in [5.41, 5.74) is 5.58. The third-order valence-electron chi connectivity index (χ3n) is 3.94. The number of rotatable bonds is 6. The Hall–Kier alpha value is -2.36. The van der Waals surface area contributed by atoms with Crippen LogP contribution in [0.1, 0.15) is 19.4 Å². The Morgan fingerprint density at radius 1 is 1.31 bits per heavy atom. The number of hydrogen-bond donors (Lipinski definition) is 0. The van der Waals surface area contributed by atoms with Crippen molar-refractivity contribution in [2.24, 2.45) is 5.92 Å². The third-order valence-corrected chi connectivity index (χ3v) is 6.12. The number of aromatic nitrogens is 1. The molecule has 3 rings (SSSR count). The van der Waals surface area contributed by atoms with Gasteiger partial charge in [-0.15, -0.1) is 23.1 Å². The number of nitrogens with zero attached hydrogens (tertiary/aromatic N) is 2. The Balaban J connectivity index is 1.95. The average Bonchev–Trinajstić information content (AvgIpc) is 3.14. The van der Waals surface area contributed by atoms with Gasteiger partial charge in [-0.1, -0.05) is 19.1 Å². The molecule has 6 heteroatoms. The lowest BCUT2D eigenvalue weighted by Crippen LogP contribution is -2.16. The molecule has 0 radical (unpaired) electrons. The van der Waals surface area contributed by atoms with Gasteiger partial charge in [-0.05, 0) is 36.8 Å². The van der Waals surface area contributed by atoms with Crippen LogP contribution in [0, 0.1) is 17.2 Å². The molecule has 0 aliphatic carbocycles. The van der Waals surface area contributed by atoms with Crippen LogP contribution in [0.5, 0.6) is 0 Å². The van der Waals surface area contributed by atoms with Crippen LogP contribution in [0.25, 0.3) is 21.3 Å². The molecule has 0 N–H and O–H groups in total. The minimum absolute atomic E-state index is 0.168. The van der Waals surface area contributed by atoms with Crippen LogP contribution >= 0.6 is 23.1 Å². The van der Waals surface area contributed by atoms with Gasteiger partial charge in [-0.25, -0.2) is 4.98 Å². The smallest absolute Gasteiger partial charge is 0.309 e. The SMILES string of the molecule is CCOC(=O)C(C)CSc1ccc2ncsc2c1-c1ccc(C#N)cc1. The van der Waals surface area contributed by atoms with Crippen molar-refractivity contribution < 1.29 is 9.53 Å². The summed E-state index contributed by atoms with van der Waals surface area (Å²) < 4.78 is 6.21. The largest absolute Gasteiger partial charge is 0.466 e. The average molecular weight is 383 g/mol. The lowest BCUT2D eigenvalue weighted by Gasteiger charge is -2.13. The van der Waals surface area contributed by atoms with E-state index in [1.54, 1.807) is 23.1 Å². The minimum Gasteiger partial charge on any atom is -0.466 e. The van der Waals surface area contributed by atoms with Gasteiger partial charge in [0.2, 0.25) is 0 Å². The molecule has 0 fully saturated rings. The Kier molecular flexibility index (Phi) is 5.92. The highest BCUT2D eigenvalue weighted by molar-refractivity contribution is 7.99. The van der Waals surface area contributed by atoms with E-state index in [1.807, 2.05) is 49.7 Å². The Labute approximate surface area is 160 Å². The Morgan fingerprint density at radius 2 is 2.08 bits per heavy atom. The van der Waals surface area contributed by atoms with Gasteiger partial charge in [0.25, 0.3) is 0 Å². The molecule has 3 aromatic rings. The molecule has 1 unspecified atom stereocenters. The van der Waals surface area contributed by atoms with Crippen LogP contribution in [-0.4, -0.2) is 23.3 Å². The van der Waals surface area contributed by atoms with Crippen LogP contribution in [0.2, 0.25) is 0 Å². The molecule has 0 aliphatic rings. The second-order valence-corrected chi connectivity index (χ2v) is 7.71. The van der Waals surface area contributed by atoms with Crippen LogP contribution in [-0.2, 0) is 9.53 Å². The summed E-state index contributed by atoms with van der Waals surface area (Å²) in [6, 6.07) is 13.8. The van der Waals surface area contributed by atoms with E-state index in [2.05, 4.69) is 17.1 Å². The van der Waals surface area contributed by atoms with Crippen molar-refractivity contribution in [3.8, 4) is 17.2 Å². The third kappa shape index (κ3) is 3.90. The van der Waals surface area contributed by atoms with E-state index in [0.29, 0.717) is 17.9 Å². The number of esters is 1. The first-order valence-corrected chi connectivity index (χ1v) is 10.2. The molecule has 0 saturated carbocycles. The van der Waals surface area contributed by atoms with Crippen LogP contribution in [0.4, 0.5) is 0 Å². The van der Waals surface area contributed by atoms with Gasteiger partial charge in [0.1, 0.15) is 0 Å². The molecule has 1 atom stereocenters. The van der Waals surface area contributed by atoms with Crippen molar-refractivity contribution in [2.45, 2.75) is 18.7 Å². The summed E-state index contributed by atoms with van der Waals surface area (Å²) in [7, 11) is 0. The fourth-order valence-electron chi connectivity index (χ4n) is 2.58. The van der Waals surface area contributed by atoms with E-state index >= 15 is 0 Å². The molecule has 4 nitrogen and oxygen atoms in total. The molecule has 26 heavy (non-hydrogen) atoms. The predicted molar refractivity (Wildman–Crippen MR) is 106 cm³/mol. The zero-order valence-electron chi connectivity index (χ0n) is 14.6. The molecule has 1 heterocycles. The number of benzene rings is 2.